The molecule has 0 amide bonds. The molecule has 0 heterocycles. The van der Waals surface area contributed by atoms with Gasteiger partial charge < -0.3 is 5.32 Å². The quantitative estimate of drug-likeness (QED) is 0.693. The summed E-state index contributed by atoms with van der Waals surface area (Å²) >= 11 is 0. The SMILES string of the molecule is CCc1ccc(CCNCCC(C)C)cc1. The van der Waals surface area contributed by atoms with Crippen molar-refractivity contribution in [3.8, 4) is 0 Å². The standard InChI is InChI=1S/C15H25N/c1-4-14-5-7-15(8-6-14)10-12-16-11-9-13(2)3/h5-8,13,16H,4,9-12H2,1-3H3. The van der Waals surface area contributed by atoms with E-state index in [1.165, 1.54) is 17.5 Å². The zero-order valence-electron chi connectivity index (χ0n) is 10.9. The first-order valence-corrected chi connectivity index (χ1v) is 6.51. The molecule has 0 bridgehead atoms. The maximum atomic E-state index is 3.49. The summed E-state index contributed by atoms with van der Waals surface area (Å²) in [5.74, 6) is 0.802. The Morgan fingerprint density at radius 2 is 1.62 bits per heavy atom. The molecule has 1 rings (SSSR count). The van der Waals surface area contributed by atoms with E-state index < -0.39 is 0 Å². The van der Waals surface area contributed by atoms with E-state index in [0.29, 0.717) is 0 Å². The van der Waals surface area contributed by atoms with E-state index in [2.05, 4.69) is 50.4 Å². The van der Waals surface area contributed by atoms with Crippen molar-refractivity contribution in [3.05, 3.63) is 35.4 Å². The fourth-order valence-electron chi connectivity index (χ4n) is 1.69. The van der Waals surface area contributed by atoms with Crippen LogP contribution >= 0.6 is 0 Å². The molecule has 0 fully saturated rings. The van der Waals surface area contributed by atoms with Gasteiger partial charge in [-0.15, -0.1) is 0 Å². The van der Waals surface area contributed by atoms with Crippen molar-refractivity contribution in [3.63, 3.8) is 0 Å². The normalized spacial score (nSPS) is 11.0. The molecular weight excluding hydrogens is 194 g/mol. The molecule has 16 heavy (non-hydrogen) atoms. The highest BCUT2D eigenvalue weighted by Crippen LogP contribution is 2.05. The largest absolute Gasteiger partial charge is 0.316 e. The van der Waals surface area contributed by atoms with Gasteiger partial charge in [0.25, 0.3) is 0 Å². The first kappa shape index (κ1) is 13.2. The minimum absolute atomic E-state index is 0.802. The van der Waals surface area contributed by atoms with E-state index in [4.69, 9.17) is 0 Å². The molecule has 1 aromatic carbocycles. The van der Waals surface area contributed by atoms with Crippen molar-refractivity contribution >= 4 is 0 Å². The Balaban J connectivity index is 2.16. The van der Waals surface area contributed by atoms with Crippen molar-refractivity contribution in [1.82, 2.24) is 5.32 Å². The van der Waals surface area contributed by atoms with E-state index in [-0.39, 0.29) is 0 Å². The minimum atomic E-state index is 0.802. The molecule has 0 aliphatic carbocycles. The van der Waals surface area contributed by atoms with Crippen LogP contribution in [0.2, 0.25) is 0 Å². The Kier molecular flexibility index (Phi) is 6.17. The second kappa shape index (κ2) is 7.45. The number of rotatable bonds is 7. The topological polar surface area (TPSA) is 12.0 Å². The van der Waals surface area contributed by atoms with Crippen LogP contribution in [-0.2, 0) is 12.8 Å². The molecule has 90 valence electrons. The minimum Gasteiger partial charge on any atom is -0.316 e. The highest BCUT2D eigenvalue weighted by Gasteiger charge is 1.95. The second-order valence-electron chi connectivity index (χ2n) is 4.85. The molecule has 0 radical (unpaired) electrons. The van der Waals surface area contributed by atoms with Gasteiger partial charge in [-0.3, -0.25) is 0 Å². The number of benzene rings is 1. The zero-order chi connectivity index (χ0) is 11.8. The van der Waals surface area contributed by atoms with Crippen molar-refractivity contribution in [1.29, 1.82) is 0 Å². The summed E-state index contributed by atoms with van der Waals surface area (Å²) in [6.45, 7) is 8.97. The molecule has 0 aliphatic heterocycles. The Hall–Kier alpha value is -0.820. The van der Waals surface area contributed by atoms with E-state index >= 15 is 0 Å². The zero-order valence-corrected chi connectivity index (χ0v) is 10.9. The van der Waals surface area contributed by atoms with Gasteiger partial charge in [0, 0.05) is 0 Å². The molecule has 1 N–H and O–H groups in total. The summed E-state index contributed by atoms with van der Waals surface area (Å²) in [6, 6.07) is 8.98. The molecule has 0 aromatic heterocycles. The van der Waals surface area contributed by atoms with Crippen molar-refractivity contribution in [2.24, 2.45) is 5.92 Å². The monoisotopic (exact) mass is 219 g/mol. The van der Waals surface area contributed by atoms with Gasteiger partial charge in [0.2, 0.25) is 0 Å². The van der Waals surface area contributed by atoms with Crippen LogP contribution in [0, 0.1) is 5.92 Å². The molecule has 1 aromatic rings. The first-order chi connectivity index (χ1) is 7.72. The Bertz CT molecular complexity index is 274. The highest BCUT2D eigenvalue weighted by molar-refractivity contribution is 5.22. The lowest BCUT2D eigenvalue weighted by Gasteiger charge is -2.07. The van der Waals surface area contributed by atoms with Gasteiger partial charge in [0.15, 0.2) is 0 Å². The van der Waals surface area contributed by atoms with E-state index in [9.17, 15) is 0 Å². The van der Waals surface area contributed by atoms with Gasteiger partial charge in [-0.1, -0.05) is 45.0 Å². The summed E-state index contributed by atoms with van der Waals surface area (Å²) < 4.78 is 0. The molecule has 0 saturated heterocycles. The lowest BCUT2D eigenvalue weighted by Crippen LogP contribution is -2.19. The molecular formula is C15H25N. The molecule has 1 nitrogen and oxygen atoms in total. The van der Waals surface area contributed by atoms with Crippen LogP contribution in [0.4, 0.5) is 0 Å². The van der Waals surface area contributed by atoms with Crippen LogP contribution in [0.5, 0.6) is 0 Å². The van der Waals surface area contributed by atoms with Gasteiger partial charge in [-0.25, -0.2) is 0 Å². The average molecular weight is 219 g/mol. The van der Waals surface area contributed by atoms with E-state index in [0.717, 1.165) is 31.8 Å². The summed E-state index contributed by atoms with van der Waals surface area (Å²) in [5, 5.41) is 3.49. The van der Waals surface area contributed by atoms with Crippen molar-refractivity contribution in [2.75, 3.05) is 13.1 Å². The van der Waals surface area contributed by atoms with Crippen molar-refractivity contribution < 1.29 is 0 Å². The maximum absolute atomic E-state index is 3.49. The molecule has 0 aliphatic rings. The Morgan fingerprint density at radius 3 is 2.19 bits per heavy atom. The van der Waals surface area contributed by atoms with Gasteiger partial charge in [-0.05, 0) is 49.4 Å². The molecule has 1 heteroatoms. The van der Waals surface area contributed by atoms with Crippen LogP contribution < -0.4 is 5.32 Å². The lowest BCUT2D eigenvalue weighted by molar-refractivity contribution is 0.539. The number of hydrogen-bond acceptors (Lipinski definition) is 1. The molecule has 0 spiro atoms. The van der Waals surface area contributed by atoms with Gasteiger partial charge in [0.1, 0.15) is 0 Å². The van der Waals surface area contributed by atoms with Crippen LogP contribution in [0.3, 0.4) is 0 Å². The highest BCUT2D eigenvalue weighted by atomic mass is 14.8. The average Bonchev–Trinajstić information content (AvgIpc) is 2.29. The van der Waals surface area contributed by atoms with E-state index in [1.807, 2.05) is 0 Å². The van der Waals surface area contributed by atoms with Crippen LogP contribution in [0.25, 0.3) is 0 Å². The van der Waals surface area contributed by atoms with Gasteiger partial charge in [-0.2, -0.15) is 0 Å². The van der Waals surface area contributed by atoms with Crippen molar-refractivity contribution in [2.45, 2.75) is 40.0 Å². The summed E-state index contributed by atoms with van der Waals surface area (Å²) in [5.41, 5.74) is 2.87. The summed E-state index contributed by atoms with van der Waals surface area (Å²) in [6.07, 6.45) is 3.55. The predicted molar refractivity (Wildman–Crippen MR) is 71.8 cm³/mol. The van der Waals surface area contributed by atoms with Crippen LogP contribution in [0.15, 0.2) is 24.3 Å². The predicted octanol–water partition coefficient (Wildman–Crippen LogP) is 3.43. The second-order valence-corrected chi connectivity index (χ2v) is 4.85. The van der Waals surface area contributed by atoms with Gasteiger partial charge in [0.05, 0.1) is 0 Å². The summed E-state index contributed by atoms with van der Waals surface area (Å²) in [4.78, 5) is 0. The number of aryl methyl sites for hydroxylation is 1. The third-order valence-electron chi connectivity index (χ3n) is 2.92. The van der Waals surface area contributed by atoms with Crippen LogP contribution in [0.1, 0.15) is 38.3 Å². The third kappa shape index (κ3) is 5.32. The van der Waals surface area contributed by atoms with E-state index in [1.54, 1.807) is 0 Å². The molecule has 0 atom stereocenters. The lowest BCUT2D eigenvalue weighted by atomic mass is 10.1. The number of hydrogen-bond donors (Lipinski definition) is 1. The molecule has 0 unspecified atom stereocenters. The third-order valence-corrected chi connectivity index (χ3v) is 2.92. The van der Waals surface area contributed by atoms with Gasteiger partial charge >= 0.3 is 0 Å². The number of nitrogens with one attached hydrogen (secondary N) is 1. The fourth-order valence-corrected chi connectivity index (χ4v) is 1.69. The summed E-state index contributed by atoms with van der Waals surface area (Å²) in [7, 11) is 0. The smallest absolute Gasteiger partial charge is 0.000835 e. The Morgan fingerprint density at radius 1 is 1.00 bits per heavy atom. The molecule has 0 saturated carbocycles. The first-order valence-electron chi connectivity index (χ1n) is 6.51. The Labute approximate surface area is 100 Å². The maximum Gasteiger partial charge on any atom is -0.000835 e. The fraction of sp³-hybridized carbons (Fsp3) is 0.600. The van der Waals surface area contributed by atoms with Crippen LogP contribution in [-0.4, -0.2) is 13.1 Å².